The van der Waals surface area contributed by atoms with Gasteiger partial charge in [0, 0.05) is 12.0 Å². The summed E-state index contributed by atoms with van der Waals surface area (Å²) in [5.41, 5.74) is 1.32. The highest BCUT2D eigenvalue weighted by molar-refractivity contribution is 6.08. The topological polar surface area (TPSA) is 75.6 Å². The molecule has 0 heterocycles. The molecule has 0 aliphatic carbocycles. The maximum Gasteiger partial charge on any atom is 0.328 e. The van der Waals surface area contributed by atoms with Gasteiger partial charge in [0.2, 0.25) is 0 Å². The Morgan fingerprint density at radius 1 is 1.00 bits per heavy atom. The van der Waals surface area contributed by atoms with Gasteiger partial charge in [0.1, 0.15) is 11.8 Å². The molecule has 138 valence electrons. The Hall–Kier alpha value is -3.34. The van der Waals surface area contributed by atoms with E-state index in [-0.39, 0.29) is 24.7 Å². The number of ether oxygens (including phenoxy) is 1. The average molecular weight is 363 g/mol. The number of benzene rings is 3. The Morgan fingerprint density at radius 3 is 2.44 bits per heavy atom. The molecule has 3 aromatic rings. The first-order valence-corrected chi connectivity index (χ1v) is 8.81. The van der Waals surface area contributed by atoms with E-state index in [4.69, 9.17) is 4.74 Å². The van der Waals surface area contributed by atoms with Crippen molar-refractivity contribution in [2.45, 2.75) is 19.4 Å². The smallest absolute Gasteiger partial charge is 0.328 e. The number of carbonyl (C=O) groups is 2. The van der Waals surface area contributed by atoms with Crippen LogP contribution in [-0.2, 0) is 16.0 Å². The fourth-order valence-corrected chi connectivity index (χ4v) is 2.96. The van der Waals surface area contributed by atoms with E-state index < -0.39 is 12.0 Å². The number of esters is 1. The molecule has 3 rings (SSSR count). The molecule has 3 aromatic carbocycles. The third-order valence-corrected chi connectivity index (χ3v) is 4.29. The molecule has 0 fully saturated rings. The molecule has 0 aromatic heterocycles. The molecule has 1 atom stereocenters. The highest BCUT2D eigenvalue weighted by atomic mass is 16.5. The fourth-order valence-electron chi connectivity index (χ4n) is 2.96. The summed E-state index contributed by atoms with van der Waals surface area (Å²) in [6.07, 6.45) is 0.273. The molecule has 0 radical (unpaired) electrons. The van der Waals surface area contributed by atoms with Crippen LogP contribution in [0.2, 0.25) is 0 Å². The summed E-state index contributed by atoms with van der Waals surface area (Å²) in [4.78, 5) is 25.2. The lowest BCUT2D eigenvalue weighted by Crippen LogP contribution is -2.43. The zero-order valence-electron chi connectivity index (χ0n) is 15.0. The Balaban J connectivity index is 1.85. The molecule has 0 saturated carbocycles. The molecule has 0 saturated heterocycles. The van der Waals surface area contributed by atoms with E-state index in [1.807, 2.05) is 36.4 Å². The lowest BCUT2D eigenvalue weighted by atomic mass is 10.0. The first kappa shape index (κ1) is 18.5. The number of rotatable bonds is 6. The molecule has 1 amide bonds. The summed E-state index contributed by atoms with van der Waals surface area (Å²) in [5, 5.41) is 14.0. The van der Waals surface area contributed by atoms with Crippen molar-refractivity contribution in [3.63, 3.8) is 0 Å². The second-order valence-corrected chi connectivity index (χ2v) is 6.18. The fraction of sp³-hybridized carbons (Fsp3) is 0.182. The summed E-state index contributed by atoms with van der Waals surface area (Å²) >= 11 is 0. The van der Waals surface area contributed by atoms with Crippen LogP contribution in [0.4, 0.5) is 0 Å². The number of nitrogens with one attached hydrogen (secondary N) is 1. The van der Waals surface area contributed by atoms with Crippen molar-refractivity contribution in [1.82, 2.24) is 5.32 Å². The van der Waals surface area contributed by atoms with E-state index in [1.54, 1.807) is 37.3 Å². The van der Waals surface area contributed by atoms with Gasteiger partial charge in [-0.3, -0.25) is 4.79 Å². The van der Waals surface area contributed by atoms with Crippen LogP contribution in [0.5, 0.6) is 5.75 Å². The number of phenols is 1. The van der Waals surface area contributed by atoms with Gasteiger partial charge >= 0.3 is 5.97 Å². The minimum atomic E-state index is -0.819. The maximum atomic E-state index is 12.9. The molecule has 1 unspecified atom stereocenters. The number of carbonyl (C=O) groups excluding carboxylic acids is 2. The molecule has 0 aliphatic heterocycles. The van der Waals surface area contributed by atoms with E-state index in [2.05, 4.69) is 5.32 Å². The average Bonchev–Trinajstić information content (AvgIpc) is 2.68. The predicted molar refractivity (Wildman–Crippen MR) is 104 cm³/mol. The van der Waals surface area contributed by atoms with Crippen LogP contribution in [0.25, 0.3) is 10.8 Å². The maximum absolute atomic E-state index is 12.9. The summed E-state index contributed by atoms with van der Waals surface area (Å²) in [7, 11) is 0. The zero-order valence-corrected chi connectivity index (χ0v) is 15.0. The number of fused-ring (bicyclic) bond motifs is 1. The first-order chi connectivity index (χ1) is 13.1. The van der Waals surface area contributed by atoms with Crippen molar-refractivity contribution < 1.29 is 19.4 Å². The van der Waals surface area contributed by atoms with Gasteiger partial charge in [-0.2, -0.15) is 0 Å². The van der Waals surface area contributed by atoms with Gasteiger partial charge in [-0.05, 0) is 41.5 Å². The van der Waals surface area contributed by atoms with Crippen LogP contribution in [0.3, 0.4) is 0 Å². The minimum absolute atomic E-state index is 0.145. The Bertz CT molecular complexity index is 945. The van der Waals surface area contributed by atoms with Crippen LogP contribution >= 0.6 is 0 Å². The minimum Gasteiger partial charge on any atom is -0.508 e. The first-order valence-electron chi connectivity index (χ1n) is 8.81. The van der Waals surface area contributed by atoms with E-state index >= 15 is 0 Å². The molecule has 5 heteroatoms. The van der Waals surface area contributed by atoms with Crippen LogP contribution in [-0.4, -0.2) is 29.6 Å². The van der Waals surface area contributed by atoms with Crippen LogP contribution in [0, 0.1) is 0 Å². The second-order valence-electron chi connectivity index (χ2n) is 6.18. The monoisotopic (exact) mass is 363 g/mol. The van der Waals surface area contributed by atoms with Gasteiger partial charge in [-0.25, -0.2) is 4.79 Å². The molecule has 2 N–H and O–H groups in total. The van der Waals surface area contributed by atoms with Gasteiger partial charge < -0.3 is 15.2 Å². The molecule has 0 bridgehead atoms. The lowest BCUT2D eigenvalue weighted by Gasteiger charge is -2.18. The van der Waals surface area contributed by atoms with Crippen LogP contribution in [0.15, 0.2) is 66.7 Å². The van der Waals surface area contributed by atoms with E-state index in [1.165, 1.54) is 0 Å². The van der Waals surface area contributed by atoms with Crippen molar-refractivity contribution in [3.05, 3.63) is 77.9 Å². The number of phenolic OH excluding ortho intramolecular Hbond substituents is 1. The Morgan fingerprint density at radius 2 is 1.70 bits per heavy atom. The number of aromatic hydroxyl groups is 1. The quantitative estimate of drug-likeness (QED) is 0.658. The van der Waals surface area contributed by atoms with Crippen molar-refractivity contribution in [3.8, 4) is 5.75 Å². The van der Waals surface area contributed by atoms with Gasteiger partial charge in [0.15, 0.2) is 0 Å². The van der Waals surface area contributed by atoms with Gasteiger partial charge in [0.25, 0.3) is 5.91 Å². The van der Waals surface area contributed by atoms with Gasteiger partial charge in [0.05, 0.1) is 6.61 Å². The summed E-state index contributed by atoms with van der Waals surface area (Å²) in [6.45, 7) is 1.96. The van der Waals surface area contributed by atoms with Crippen LogP contribution < -0.4 is 5.32 Å². The highest BCUT2D eigenvalue weighted by Gasteiger charge is 2.24. The standard InChI is InChI=1S/C22H21NO4/c1-2-27-22(26)20(14-15-10-12-17(24)13-11-15)23-21(25)19-9-5-7-16-6-3-4-8-18(16)19/h3-13,20,24H,2,14H2,1H3,(H,23,25). The number of hydrogen-bond acceptors (Lipinski definition) is 4. The van der Waals surface area contributed by atoms with Crippen molar-refractivity contribution in [1.29, 1.82) is 0 Å². The van der Waals surface area contributed by atoms with Crippen molar-refractivity contribution >= 4 is 22.6 Å². The SMILES string of the molecule is CCOC(=O)C(Cc1ccc(O)cc1)NC(=O)c1cccc2ccccc12. The van der Waals surface area contributed by atoms with Crippen molar-refractivity contribution in [2.75, 3.05) is 6.61 Å². The van der Waals surface area contributed by atoms with Crippen molar-refractivity contribution in [2.24, 2.45) is 0 Å². The molecular weight excluding hydrogens is 342 g/mol. The largest absolute Gasteiger partial charge is 0.508 e. The number of hydrogen-bond donors (Lipinski definition) is 2. The van der Waals surface area contributed by atoms with E-state index in [0.29, 0.717) is 5.56 Å². The molecule has 27 heavy (non-hydrogen) atoms. The normalized spacial score (nSPS) is 11.7. The van der Waals surface area contributed by atoms with E-state index in [9.17, 15) is 14.7 Å². The van der Waals surface area contributed by atoms with E-state index in [0.717, 1.165) is 16.3 Å². The second kappa shape index (κ2) is 8.36. The molecule has 5 nitrogen and oxygen atoms in total. The number of amides is 1. The molecule has 0 spiro atoms. The zero-order chi connectivity index (χ0) is 19.2. The predicted octanol–water partition coefficient (Wildman–Crippen LogP) is 3.45. The van der Waals surface area contributed by atoms with Gasteiger partial charge in [-0.15, -0.1) is 0 Å². The summed E-state index contributed by atoms with van der Waals surface area (Å²) in [6, 6.07) is 18.8. The highest BCUT2D eigenvalue weighted by Crippen LogP contribution is 2.19. The molecular formula is C22H21NO4. The van der Waals surface area contributed by atoms with Gasteiger partial charge in [-0.1, -0.05) is 48.5 Å². The van der Waals surface area contributed by atoms with Crippen LogP contribution in [0.1, 0.15) is 22.8 Å². The Labute approximate surface area is 157 Å². The molecule has 0 aliphatic rings. The summed E-state index contributed by atoms with van der Waals surface area (Å²) in [5.74, 6) is -0.672. The third-order valence-electron chi connectivity index (χ3n) is 4.29. The lowest BCUT2D eigenvalue weighted by molar-refractivity contribution is -0.145. The Kier molecular flexibility index (Phi) is 5.71. The third kappa shape index (κ3) is 4.44. The summed E-state index contributed by atoms with van der Waals surface area (Å²) < 4.78 is 5.12.